The topological polar surface area (TPSA) is 117 Å². The molecule has 9 heteroatoms. The number of nitrogens with two attached hydrogens (primary N) is 1. The van der Waals surface area contributed by atoms with Gasteiger partial charge >= 0.3 is 5.97 Å². The molecular weight excluding hydrogens is 541 g/mol. The highest BCUT2D eigenvalue weighted by Crippen LogP contribution is 2.69. The first-order valence-electron chi connectivity index (χ1n) is 14.2. The highest BCUT2D eigenvalue weighted by Gasteiger charge is 2.70. The van der Waals surface area contributed by atoms with Gasteiger partial charge in [0.05, 0.1) is 29.3 Å². The third-order valence-corrected chi connectivity index (χ3v) is 11.4. The zero-order chi connectivity index (χ0) is 29.7. The lowest BCUT2D eigenvalue weighted by Crippen LogP contribution is -2.62. The highest BCUT2D eigenvalue weighted by atomic mass is 32.2. The van der Waals surface area contributed by atoms with E-state index < -0.39 is 23.1 Å². The number of anilines is 1. The predicted molar refractivity (Wildman–Crippen MR) is 156 cm³/mol. The number of thioether (sulfide) groups is 1. The molecule has 5 unspecified atom stereocenters. The van der Waals surface area contributed by atoms with Crippen molar-refractivity contribution in [3.05, 3.63) is 65.7 Å². The van der Waals surface area contributed by atoms with Crippen molar-refractivity contribution in [2.24, 2.45) is 34.4 Å². The molecule has 1 aromatic carbocycles. The van der Waals surface area contributed by atoms with Crippen molar-refractivity contribution in [1.82, 2.24) is 0 Å². The summed E-state index contributed by atoms with van der Waals surface area (Å²) in [5.74, 6) is 5.80. The summed E-state index contributed by atoms with van der Waals surface area (Å²) >= 11 is 0.899. The number of hydrogen-bond donors (Lipinski definition) is 2. The van der Waals surface area contributed by atoms with Crippen molar-refractivity contribution < 1.29 is 23.8 Å². The molecule has 3 N–H and O–H groups in total. The van der Waals surface area contributed by atoms with Crippen molar-refractivity contribution >= 4 is 28.5 Å². The summed E-state index contributed by atoms with van der Waals surface area (Å²) in [6.45, 7) is 9.59. The van der Waals surface area contributed by atoms with Gasteiger partial charge < -0.3 is 9.84 Å². The number of hydrazine groups is 1. The molecule has 0 radical (unpaired) electrons. The van der Waals surface area contributed by atoms with Crippen molar-refractivity contribution in [1.29, 1.82) is 5.26 Å². The molecule has 4 aliphatic rings. The third-order valence-electron chi connectivity index (χ3n) is 10.5. The molecule has 218 valence electrons. The van der Waals surface area contributed by atoms with Gasteiger partial charge in [0.1, 0.15) is 5.82 Å². The molecule has 0 spiro atoms. The average molecular weight is 580 g/mol. The van der Waals surface area contributed by atoms with Crippen LogP contribution in [0.2, 0.25) is 0 Å². The molecule has 0 amide bonds. The number of esters is 1. The smallest absolute Gasteiger partial charge is 0.303 e. The largest absolute Gasteiger partial charge is 0.450 e. The monoisotopic (exact) mass is 579 g/mol. The van der Waals surface area contributed by atoms with Crippen molar-refractivity contribution in [2.75, 3.05) is 10.8 Å². The summed E-state index contributed by atoms with van der Waals surface area (Å²) in [5.41, 5.74) is 1.17. The Bertz CT molecular complexity index is 1370. The average Bonchev–Trinajstić information content (AvgIpc) is 3.22. The summed E-state index contributed by atoms with van der Waals surface area (Å²) < 4.78 is 19.5. The van der Waals surface area contributed by atoms with E-state index in [1.807, 2.05) is 19.1 Å². The van der Waals surface area contributed by atoms with E-state index in [4.69, 9.17) is 15.8 Å². The molecule has 0 aliphatic heterocycles. The Morgan fingerprint density at radius 1 is 1.32 bits per heavy atom. The van der Waals surface area contributed by atoms with Crippen LogP contribution in [0, 0.1) is 45.7 Å². The van der Waals surface area contributed by atoms with E-state index in [9.17, 15) is 19.1 Å². The van der Waals surface area contributed by atoms with Crippen molar-refractivity contribution in [3.63, 3.8) is 0 Å². The maximum atomic E-state index is 13.6. The van der Waals surface area contributed by atoms with Crippen molar-refractivity contribution in [2.45, 2.75) is 71.0 Å². The van der Waals surface area contributed by atoms with E-state index in [0.29, 0.717) is 31.4 Å². The summed E-state index contributed by atoms with van der Waals surface area (Å²) in [6.07, 6.45) is 6.90. The number of hydrogen-bond acceptors (Lipinski definition) is 8. The van der Waals surface area contributed by atoms with Gasteiger partial charge in [-0.1, -0.05) is 43.8 Å². The maximum Gasteiger partial charge on any atom is 0.303 e. The van der Waals surface area contributed by atoms with Crippen LogP contribution in [0.25, 0.3) is 0 Å². The summed E-state index contributed by atoms with van der Waals surface area (Å²) in [5, 5.41) is 22.3. The molecule has 1 aromatic rings. The second-order valence-electron chi connectivity index (χ2n) is 12.4. The van der Waals surface area contributed by atoms with Gasteiger partial charge in [0, 0.05) is 12.3 Å². The first-order chi connectivity index (χ1) is 19.4. The molecule has 3 saturated carbocycles. The maximum absolute atomic E-state index is 13.6. The number of carbonyl (C=O) groups excluding carboxylic acids is 2. The highest BCUT2D eigenvalue weighted by molar-refractivity contribution is 8.14. The molecule has 0 saturated heterocycles. The third kappa shape index (κ3) is 4.55. The molecule has 0 aromatic heterocycles. The van der Waals surface area contributed by atoms with E-state index in [0.717, 1.165) is 35.9 Å². The Labute approximate surface area is 245 Å². The van der Waals surface area contributed by atoms with Gasteiger partial charge in [-0.05, 0) is 97.6 Å². The van der Waals surface area contributed by atoms with E-state index in [-0.39, 0.29) is 39.9 Å². The zero-order valence-corrected chi connectivity index (χ0v) is 24.7. The quantitative estimate of drug-likeness (QED) is 0.255. The number of nitriles is 1. The van der Waals surface area contributed by atoms with Crippen LogP contribution in [0.4, 0.5) is 10.1 Å². The molecule has 3 fully saturated rings. The summed E-state index contributed by atoms with van der Waals surface area (Å²) in [6, 6.07) is 8.05. The number of fused-ring (bicyclic) bond motifs is 5. The van der Waals surface area contributed by atoms with Gasteiger partial charge in [-0.15, -0.1) is 0 Å². The van der Waals surface area contributed by atoms with Crippen LogP contribution in [0.1, 0.15) is 59.3 Å². The predicted octanol–water partition coefficient (Wildman–Crippen LogP) is 5.57. The Morgan fingerprint density at radius 3 is 2.66 bits per heavy atom. The van der Waals surface area contributed by atoms with Crippen LogP contribution in [-0.2, 0) is 14.3 Å². The van der Waals surface area contributed by atoms with Gasteiger partial charge in [-0.2, -0.15) is 5.26 Å². The van der Waals surface area contributed by atoms with Crippen LogP contribution < -0.4 is 10.9 Å². The SMILES string of the molecule is C=CC1=C(N(N)c2ccc(F)cc2)C=C2CCC3[C@H](C(O)CC4(C)[C@H]3CCC4(OC(C)=O)C(=O)SCC#N)C2(C)C1. The number of rotatable bonds is 6. The van der Waals surface area contributed by atoms with Gasteiger partial charge in [0.25, 0.3) is 0 Å². The number of nitrogens with zero attached hydrogens (tertiary/aromatic N) is 2. The van der Waals surface area contributed by atoms with Gasteiger partial charge in [-0.3, -0.25) is 14.6 Å². The zero-order valence-electron chi connectivity index (χ0n) is 23.9. The minimum absolute atomic E-state index is 0.0154. The molecule has 7 atom stereocenters. The number of carbonyl (C=O) groups is 2. The molecule has 5 rings (SSSR count). The fraction of sp³-hybridized carbons (Fsp3) is 0.531. The van der Waals surface area contributed by atoms with Gasteiger partial charge in [0.15, 0.2) is 5.60 Å². The van der Waals surface area contributed by atoms with E-state index >= 15 is 0 Å². The Kier molecular flexibility index (Phi) is 7.73. The van der Waals surface area contributed by atoms with Crippen LogP contribution in [0.5, 0.6) is 0 Å². The minimum atomic E-state index is -1.37. The number of allylic oxidation sites excluding steroid dienone is 4. The number of ether oxygens (including phenoxy) is 1. The van der Waals surface area contributed by atoms with Crippen LogP contribution in [0.3, 0.4) is 0 Å². The van der Waals surface area contributed by atoms with E-state index in [1.54, 1.807) is 17.1 Å². The lowest BCUT2D eigenvalue weighted by Gasteiger charge is -2.61. The van der Waals surface area contributed by atoms with E-state index in [2.05, 4.69) is 19.6 Å². The molecule has 41 heavy (non-hydrogen) atoms. The van der Waals surface area contributed by atoms with Gasteiger partial charge in [0.2, 0.25) is 5.12 Å². The molecular formula is C32H38FN3O4S. The minimum Gasteiger partial charge on any atom is -0.450 e. The number of benzene rings is 1. The lowest BCUT2D eigenvalue weighted by atomic mass is 9.45. The Balaban J connectivity index is 1.50. The van der Waals surface area contributed by atoms with Crippen LogP contribution in [-0.4, -0.2) is 33.6 Å². The lowest BCUT2D eigenvalue weighted by molar-refractivity contribution is -0.195. The fourth-order valence-electron chi connectivity index (χ4n) is 8.82. The summed E-state index contributed by atoms with van der Waals surface area (Å²) in [4.78, 5) is 25.9. The fourth-order valence-corrected chi connectivity index (χ4v) is 9.63. The van der Waals surface area contributed by atoms with Crippen LogP contribution >= 0.6 is 11.8 Å². The number of halogens is 1. The Hall–Kier alpha value is -2.93. The number of aliphatic hydroxyl groups excluding tert-OH is 1. The molecule has 0 bridgehead atoms. The van der Waals surface area contributed by atoms with Crippen LogP contribution in [0.15, 0.2) is 59.8 Å². The standard InChI is InChI=1S/C32H38FN3O4S/c1-5-20-17-30(3)21(16-26(20)36(35)23-9-7-22(33)8-10-23)6-11-24-25-12-13-32(40-19(2)37,29(39)41-15-14-34)31(25,4)18-27(38)28(24)30/h5,7-10,16,24-25,27-28,38H,1,6,11-13,15,17-18,35H2,2-4H3/t24?,25-,27?,28+,30?,31?,32?/m0/s1. The summed E-state index contributed by atoms with van der Waals surface area (Å²) in [7, 11) is 0. The second-order valence-corrected chi connectivity index (χ2v) is 13.4. The van der Waals surface area contributed by atoms with Gasteiger partial charge in [-0.25, -0.2) is 10.2 Å². The molecule has 7 nitrogen and oxygen atoms in total. The second kappa shape index (κ2) is 10.7. The first-order valence-corrected chi connectivity index (χ1v) is 15.2. The molecule has 4 aliphatic carbocycles. The first kappa shape index (κ1) is 29.6. The normalized spacial score (nSPS) is 35.8. The Morgan fingerprint density at radius 2 is 2.02 bits per heavy atom. The van der Waals surface area contributed by atoms with E-state index in [1.165, 1.54) is 24.6 Å². The molecule has 0 heterocycles. The number of aliphatic hydroxyl groups is 1. The van der Waals surface area contributed by atoms with Crippen molar-refractivity contribution in [3.8, 4) is 6.07 Å².